The first-order chi connectivity index (χ1) is 3.46. The standard InChI is InChI=1S/2C2H4O2.Ni.5H2O/c2*1-2(3)4;;;;;;/h2*1H3,(H,3,4);;5*1H2/q;;+2;;;;;/p-2. The van der Waals surface area contributed by atoms with Gasteiger partial charge in [-0.25, -0.2) is 0 Å². The number of aliphatic carboxylic acids is 2. The minimum Gasteiger partial charge on any atom is -0.550 e. The Bertz CT molecular complexity index is 74.8. The van der Waals surface area contributed by atoms with Crippen molar-refractivity contribution in [1.82, 2.24) is 0 Å². The number of rotatable bonds is 0. The van der Waals surface area contributed by atoms with Crippen molar-refractivity contribution in [3.8, 4) is 0 Å². The van der Waals surface area contributed by atoms with Gasteiger partial charge in [0.2, 0.25) is 0 Å². The normalized spacial score (nSPS) is 3.57. The Morgan fingerprint density at radius 2 is 0.714 bits per heavy atom. The maximum absolute atomic E-state index is 8.89. The smallest absolute Gasteiger partial charge is 0.550 e. The van der Waals surface area contributed by atoms with E-state index in [2.05, 4.69) is 0 Å². The van der Waals surface area contributed by atoms with Gasteiger partial charge in [0.25, 0.3) is 0 Å². The van der Waals surface area contributed by atoms with Crippen molar-refractivity contribution in [1.29, 1.82) is 0 Å². The molecule has 0 amide bonds. The van der Waals surface area contributed by atoms with E-state index in [0.29, 0.717) is 0 Å². The van der Waals surface area contributed by atoms with Gasteiger partial charge in [-0.2, -0.15) is 0 Å². The molecule has 0 saturated heterocycles. The SMILES string of the molecule is CC(=O)[O-].CC(=O)[O-].O.O.O.O.O.[Ni+2]. The van der Waals surface area contributed by atoms with Crippen LogP contribution in [0.2, 0.25) is 0 Å². The molecular formula is C4H16NiO9. The van der Waals surface area contributed by atoms with Crippen LogP contribution in [0.25, 0.3) is 0 Å². The van der Waals surface area contributed by atoms with Gasteiger partial charge in [-0.15, -0.1) is 0 Å². The first kappa shape index (κ1) is 72.3. The van der Waals surface area contributed by atoms with E-state index in [9.17, 15) is 0 Å². The summed E-state index contributed by atoms with van der Waals surface area (Å²) >= 11 is 0. The summed E-state index contributed by atoms with van der Waals surface area (Å²) in [5.74, 6) is -2.17. The van der Waals surface area contributed by atoms with Crippen molar-refractivity contribution in [2.24, 2.45) is 0 Å². The molecule has 0 aromatic rings. The third-order valence-corrected chi connectivity index (χ3v) is 0. The predicted octanol–water partition coefficient (Wildman–Crippen LogP) is -6.61. The zero-order valence-electron chi connectivity index (χ0n) is 7.45. The van der Waals surface area contributed by atoms with Crippen LogP contribution < -0.4 is 10.2 Å². The molecule has 10 N–H and O–H groups in total. The third-order valence-electron chi connectivity index (χ3n) is 0. The van der Waals surface area contributed by atoms with Gasteiger partial charge in [-0.3, -0.25) is 0 Å². The second-order valence-electron chi connectivity index (χ2n) is 0.983. The van der Waals surface area contributed by atoms with E-state index in [0.717, 1.165) is 13.8 Å². The second-order valence-corrected chi connectivity index (χ2v) is 0.983. The zero-order chi connectivity index (χ0) is 7.15. The molecule has 0 spiro atoms. The van der Waals surface area contributed by atoms with Crippen molar-refractivity contribution in [2.45, 2.75) is 13.8 Å². The van der Waals surface area contributed by atoms with E-state index < -0.39 is 11.9 Å². The number of hydrogen-bond donors (Lipinski definition) is 0. The Morgan fingerprint density at radius 3 is 0.714 bits per heavy atom. The fraction of sp³-hybridized carbons (Fsp3) is 0.500. The summed E-state index contributed by atoms with van der Waals surface area (Å²) in [6.45, 7) is 1.94. The van der Waals surface area contributed by atoms with Crippen LogP contribution in [-0.4, -0.2) is 39.3 Å². The molecule has 0 atom stereocenters. The minimum atomic E-state index is -1.08. The van der Waals surface area contributed by atoms with Crippen molar-refractivity contribution in [3.63, 3.8) is 0 Å². The molecule has 0 aliphatic rings. The fourth-order valence-electron chi connectivity index (χ4n) is 0. The van der Waals surface area contributed by atoms with Gasteiger partial charge in [-0.05, 0) is 13.8 Å². The molecule has 0 radical (unpaired) electrons. The van der Waals surface area contributed by atoms with Crippen LogP contribution in [0, 0.1) is 0 Å². The molecule has 0 aromatic carbocycles. The Balaban J connectivity index is -0.00000000600. The minimum absolute atomic E-state index is 0. The summed E-state index contributed by atoms with van der Waals surface area (Å²) in [6, 6.07) is 0. The van der Waals surface area contributed by atoms with Crippen LogP contribution in [0.4, 0.5) is 0 Å². The van der Waals surface area contributed by atoms with Crippen LogP contribution in [0.5, 0.6) is 0 Å². The molecule has 0 fully saturated rings. The van der Waals surface area contributed by atoms with Gasteiger partial charge in [0.05, 0.1) is 0 Å². The predicted molar refractivity (Wildman–Crippen MR) is 39.4 cm³/mol. The van der Waals surface area contributed by atoms with Gasteiger partial charge < -0.3 is 47.2 Å². The van der Waals surface area contributed by atoms with Gasteiger partial charge in [0, 0.05) is 11.9 Å². The van der Waals surface area contributed by atoms with Crippen LogP contribution in [0.3, 0.4) is 0 Å². The molecule has 96 valence electrons. The van der Waals surface area contributed by atoms with E-state index >= 15 is 0 Å². The summed E-state index contributed by atoms with van der Waals surface area (Å²) < 4.78 is 0. The maximum Gasteiger partial charge on any atom is 2.00 e. The largest absolute Gasteiger partial charge is 2.00 e. The molecule has 0 aliphatic carbocycles. The Labute approximate surface area is 90.2 Å². The molecule has 14 heavy (non-hydrogen) atoms. The summed E-state index contributed by atoms with van der Waals surface area (Å²) in [6.07, 6.45) is 0. The molecular weight excluding hydrogens is 251 g/mol. The average Bonchev–Trinajstić information content (AvgIpc) is 1.25. The fourth-order valence-corrected chi connectivity index (χ4v) is 0. The van der Waals surface area contributed by atoms with Crippen LogP contribution in [0.15, 0.2) is 0 Å². The molecule has 9 nitrogen and oxygen atoms in total. The Morgan fingerprint density at radius 1 is 0.714 bits per heavy atom. The zero-order valence-corrected chi connectivity index (χ0v) is 8.44. The first-order valence-corrected chi connectivity index (χ1v) is 1.82. The summed E-state index contributed by atoms with van der Waals surface area (Å²) in [7, 11) is 0. The van der Waals surface area contributed by atoms with Gasteiger partial charge >= 0.3 is 16.5 Å². The van der Waals surface area contributed by atoms with Crippen molar-refractivity contribution >= 4 is 11.9 Å². The second kappa shape index (κ2) is 56.4. The summed E-state index contributed by atoms with van der Waals surface area (Å²) in [5, 5.41) is 17.8. The van der Waals surface area contributed by atoms with E-state index in [1.807, 2.05) is 0 Å². The van der Waals surface area contributed by atoms with E-state index in [-0.39, 0.29) is 43.9 Å². The quantitative estimate of drug-likeness (QED) is 0.388. The third kappa shape index (κ3) is 2000. The van der Waals surface area contributed by atoms with E-state index in [1.165, 1.54) is 0 Å². The molecule has 10 heteroatoms. The van der Waals surface area contributed by atoms with Crippen molar-refractivity contribution < 1.29 is 63.7 Å². The van der Waals surface area contributed by atoms with Gasteiger partial charge in [0.15, 0.2) is 0 Å². The van der Waals surface area contributed by atoms with E-state index in [1.54, 1.807) is 0 Å². The Kier molecular flexibility index (Phi) is 291. The van der Waals surface area contributed by atoms with E-state index in [4.69, 9.17) is 19.8 Å². The average molecular weight is 267 g/mol. The monoisotopic (exact) mass is 266 g/mol. The molecule has 0 unspecified atom stereocenters. The number of carbonyl (C=O) groups excluding carboxylic acids is 2. The van der Waals surface area contributed by atoms with Gasteiger partial charge in [0.1, 0.15) is 0 Å². The van der Waals surface area contributed by atoms with Crippen LogP contribution >= 0.6 is 0 Å². The number of carboxylic acid groups (broad SMARTS) is 2. The van der Waals surface area contributed by atoms with Crippen LogP contribution in [0.1, 0.15) is 13.8 Å². The molecule has 0 aliphatic heterocycles. The molecule has 0 saturated carbocycles. The number of hydrogen-bond acceptors (Lipinski definition) is 4. The van der Waals surface area contributed by atoms with Gasteiger partial charge in [-0.1, -0.05) is 0 Å². The number of carbonyl (C=O) groups is 2. The maximum atomic E-state index is 8.89. The summed E-state index contributed by atoms with van der Waals surface area (Å²) in [4.78, 5) is 17.8. The topological polar surface area (TPSA) is 238 Å². The first-order valence-electron chi connectivity index (χ1n) is 1.82. The van der Waals surface area contributed by atoms with Crippen molar-refractivity contribution in [3.05, 3.63) is 0 Å². The molecule has 0 aromatic heterocycles. The molecule has 0 heterocycles. The van der Waals surface area contributed by atoms with Crippen molar-refractivity contribution in [2.75, 3.05) is 0 Å². The molecule has 0 bridgehead atoms. The van der Waals surface area contributed by atoms with Crippen LogP contribution in [-0.2, 0) is 26.1 Å². The Hall–Kier alpha value is -0.766. The number of carboxylic acids is 2. The summed E-state index contributed by atoms with van der Waals surface area (Å²) in [5.41, 5.74) is 0. The molecule has 0 rings (SSSR count).